The van der Waals surface area contributed by atoms with E-state index >= 15 is 0 Å². The third kappa shape index (κ3) is 4.70. The molecule has 2 aliphatic rings. The van der Waals surface area contributed by atoms with Crippen LogP contribution < -0.4 is 18.9 Å². The van der Waals surface area contributed by atoms with Gasteiger partial charge in [-0.25, -0.2) is 9.59 Å². The van der Waals surface area contributed by atoms with Crippen LogP contribution in [0.15, 0.2) is 82.6 Å². The van der Waals surface area contributed by atoms with E-state index in [0.717, 1.165) is 9.79 Å². The van der Waals surface area contributed by atoms with Crippen molar-refractivity contribution in [1.29, 1.82) is 0 Å². The number of benzene rings is 4. The highest BCUT2D eigenvalue weighted by atomic mass is 32.2. The number of methoxy groups -OCH3 is 4. The molecule has 0 aromatic heterocycles. The van der Waals surface area contributed by atoms with E-state index < -0.39 is 22.8 Å². The summed E-state index contributed by atoms with van der Waals surface area (Å²) in [7, 11) is 5.98. The van der Waals surface area contributed by atoms with Crippen LogP contribution >= 0.6 is 23.5 Å². The van der Waals surface area contributed by atoms with E-state index in [1.54, 1.807) is 12.1 Å². The van der Waals surface area contributed by atoms with E-state index in [-0.39, 0.29) is 22.6 Å². The molecule has 8 nitrogen and oxygen atoms in total. The zero-order chi connectivity index (χ0) is 29.4. The van der Waals surface area contributed by atoms with Crippen LogP contribution in [0.5, 0.6) is 23.0 Å². The van der Waals surface area contributed by atoms with Gasteiger partial charge in [-0.2, -0.15) is 0 Å². The second-order valence-corrected chi connectivity index (χ2v) is 11.5. The molecule has 6 rings (SSSR count). The minimum absolute atomic E-state index is 0.226. The molecule has 4 aromatic carbocycles. The molecule has 0 aliphatic carbocycles. The van der Waals surface area contributed by atoms with Gasteiger partial charge in [0, 0.05) is 20.9 Å². The van der Waals surface area contributed by atoms with Crippen molar-refractivity contribution in [3.63, 3.8) is 0 Å². The normalized spacial score (nSPS) is 16.8. The summed E-state index contributed by atoms with van der Waals surface area (Å²) in [5.41, 5.74) is 1.34. The minimum Gasteiger partial charge on any atom is -0.496 e. The molecule has 0 bridgehead atoms. The van der Waals surface area contributed by atoms with Gasteiger partial charge in [-0.3, -0.25) is 0 Å². The lowest BCUT2D eigenvalue weighted by Crippen LogP contribution is -2.06. The number of thioether (sulfide) groups is 2. The molecule has 0 fully saturated rings. The van der Waals surface area contributed by atoms with E-state index in [4.69, 9.17) is 28.4 Å². The molecule has 2 heterocycles. The topological polar surface area (TPSA) is 89.5 Å². The van der Waals surface area contributed by atoms with Crippen molar-refractivity contribution in [2.75, 3.05) is 28.4 Å². The molecule has 0 radical (unpaired) electrons. The first-order valence-electron chi connectivity index (χ1n) is 12.9. The molecule has 0 saturated heterocycles. The number of ether oxygens (including phenoxy) is 6. The van der Waals surface area contributed by atoms with Crippen LogP contribution in [0.3, 0.4) is 0 Å². The van der Waals surface area contributed by atoms with Gasteiger partial charge < -0.3 is 28.4 Å². The summed E-state index contributed by atoms with van der Waals surface area (Å²) in [6, 6.07) is 22.8. The van der Waals surface area contributed by atoms with E-state index in [1.807, 2.05) is 60.7 Å². The quantitative estimate of drug-likeness (QED) is 0.182. The van der Waals surface area contributed by atoms with Crippen molar-refractivity contribution in [3.8, 4) is 34.1 Å². The van der Waals surface area contributed by atoms with E-state index in [0.29, 0.717) is 33.8 Å². The summed E-state index contributed by atoms with van der Waals surface area (Å²) in [6.07, 6.45) is 0. The molecule has 0 saturated carbocycles. The van der Waals surface area contributed by atoms with Gasteiger partial charge in [-0.15, -0.1) is 0 Å². The summed E-state index contributed by atoms with van der Waals surface area (Å²) in [5.74, 6) is 0.169. The second kappa shape index (κ2) is 11.5. The summed E-state index contributed by atoms with van der Waals surface area (Å²) in [6.45, 7) is 0. The molecule has 2 aliphatic heterocycles. The third-order valence-electron chi connectivity index (χ3n) is 6.97. The Morgan fingerprint density at radius 3 is 1.26 bits per heavy atom. The van der Waals surface area contributed by atoms with E-state index in [9.17, 15) is 9.59 Å². The first kappa shape index (κ1) is 27.9. The first-order valence-corrected chi connectivity index (χ1v) is 14.7. The summed E-state index contributed by atoms with van der Waals surface area (Å²) in [5, 5.41) is 0. The Balaban J connectivity index is 1.53. The van der Waals surface area contributed by atoms with Crippen LogP contribution in [0.1, 0.15) is 42.7 Å². The average Bonchev–Trinajstić information content (AvgIpc) is 3.50. The molecule has 42 heavy (non-hydrogen) atoms. The Morgan fingerprint density at radius 1 is 0.548 bits per heavy atom. The monoisotopic (exact) mass is 602 g/mol. The van der Waals surface area contributed by atoms with Crippen LogP contribution in [-0.2, 0) is 9.47 Å². The van der Waals surface area contributed by atoms with Crippen molar-refractivity contribution in [2.45, 2.75) is 20.7 Å². The van der Waals surface area contributed by atoms with Gasteiger partial charge in [0.05, 0.1) is 39.6 Å². The van der Waals surface area contributed by atoms with Crippen molar-refractivity contribution < 1.29 is 38.0 Å². The van der Waals surface area contributed by atoms with Crippen molar-refractivity contribution in [2.24, 2.45) is 0 Å². The molecule has 2 atom stereocenters. The fraction of sp³-hybridized carbons (Fsp3) is 0.188. The van der Waals surface area contributed by atoms with Crippen LogP contribution in [0, 0.1) is 0 Å². The van der Waals surface area contributed by atoms with Gasteiger partial charge in [0.25, 0.3) is 0 Å². The number of fused-ring (bicyclic) bond motifs is 2. The number of hydrogen-bond donors (Lipinski definition) is 0. The maximum atomic E-state index is 13.3. The Morgan fingerprint density at radius 2 is 0.929 bits per heavy atom. The minimum atomic E-state index is -0.610. The largest absolute Gasteiger partial charge is 0.496 e. The van der Waals surface area contributed by atoms with Gasteiger partial charge in [0.15, 0.2) is 10.9 Å². The number of cyclic esters (lactones) is 2. The molecule has 0 spiro atoms. The van der Waals surface area contributed by atoms with Gasteiger partial charge >= 0.3 is 11.9 Å². The number of carbonyl (C=O) groups excluding carboxylic acids is 2. The Labute approximate surface area is 251 Å². The third-order valence-corrected chi connectivity index (χ3v) is 9.18. The second-order valence-electron chi connectivity index (χ2n) is 9.24. The SMILES string of the molecule is COc1cc2c(c(OC)c1-c1c(OC)cc3c(c1OC)C(=O)OC3Sc1ccccc1)C(=O)OC2Sc1ccccc1. The molecule has 0 N–H and O–H groups in total. The fourth-order valence-electron chi connectivity index (χ4n) is 5.16. The molecular weight excluding hydrogens is 576 g/mol. The predicted octanol–water partition coefficient (Wildman–Crippen LogP) is 7.31. The van der Waals surface area contributed by atoms with Gasteiger partial charge in [0.1, 0.15) is 34.1 Å². The molecule has 10 heteroatoms. The van der Waals surface area contributed by atoms with Crippen LogP contribution in [-0.4, -0.2) is 40.4 Å². The zero-order valence-corrected chi connectivity index (χ0v) is 24.8. The average molecular weight is 603 g/mol. The first-order chi connectivity index (χ1) is 20.5. The highest BCUT2D eigenvalue weighted by Gasteiger charge is 2.42. The Kier molecular flexibility index (Phi) is 7.66. The molecule has 214 valence electrons. The molecule has 0 amide bonds. The van der Waals surface area contributed by atoms with Gasteiger partial charge in [-0.05, 0) is 36.4 Å². The molecule has 2 unspecified atom stereocenters. The van der Waals surface area contributed by atoms with Gasteiger partial charge in [-0.1, -0.05) is 59.9 Å². The number of esters is 2. The van der Waals surface area contributed by atoms with Crippen LogP contribution in [0.2, 0.25) is 0 Å². The maximum Gasteiger partial charge on any atom is 0.343 e. The lowest BCUT2D eigenvalue weighted by atomic mass is 9.92. The fourth-order valence-corrected chi connectivity index (χ4v) is 7.18. The summed E-state index contributed by atoms with van der Waals surface area (Å²) < 4.78 is 35.1. The zero-order valence-electron chi connectivity index (χ0n) is 23.2. The number of hydrogen-bond acceptors (Lipinski definition) is 10. The molecule has 4 aromatic rings. The highest BCUT2D eigenvalue weighted by Crippen LogP contribution is 2.58. The number of carbonyl (C=O) groups is 2. The van der Waals surface area contributed by atoms with Crippen LogP contribution in [0.4, 0.5) is 0 Å². The van der Waals surface area contributed by atoms with Crippen molar-refractivity contribution in [1.82, 2.24) is 0 Å². The predicted molar refractivity (Wildman–Crippen MR) is 159 cm³/mol. The Hall–Kier alpha value is -4.28. The lowest BCUT2D eigenvalue weighted by molar-refractivity contribution is 0.0510. The van der Waals surface area contributed by atoms with Crippen LogP contribution in [0.25, 0.3) is 11.1 Å². The summed E-state index contributed by atoms with van der Waals surface area (Å²) in [4.78, 5) is 28.5. The van der Waals surface area contributed by atoms with E-state index in [2.05, 4.69) is 0 Å². The summed E-state index contributed by atoms with van der Waals surface area (Å²) >= 11 is 2.81. The van der Waals surface area contributed by atoms with Crippen molar-refractivity contribution in [3.05, 3.63) is 95.1 Å². The lowest BCUT2D eigenvalue weighted by Gasteiger charge is -2.22. The maximum absolute atomic E-state index is 13.3. The van der Waals surface area contributed by atoms with Gasteiger partial charge in [0.2, 0.25) is 0 Å². The van der Waals surface area contributed by atoms with E-state index in [1.165, 1.54) is 52.0 Å². The standard InChI is InChI=1S/C32H26O8S2/c1-35-21-15-19-23(29(33)39-31(19)41-17-11-7-5-8-12-17)27(37-3)25(21)26-22(36-2)16-20-24(28(26)38-4)30(34)40-32(20)42-18-13-9-6-10-14-18/h5-16,31-32H,1-4H3. The molecular formula is C32H26O8S2. The smallest absolute Gasteiger partial charge is 0.343 e. The van der Waals surface area contributed by atoms with Crippen molar-refractivity contribution >= 4 is 35.5 Å². The number of rotatable bonds is 9. The Bertz CT molecular complexity index is 1550. The highest BCUT2D eigenvalue weighted by molar-refractivity contribution is 7.99.